The summed E-state index contributed by atoms with van der Waals surface area (Å²) in [5, 5.41) is 3.76. The minimum atomic E-state index is -4.63. The van der Waals surface area contributed by atoms with E-state index in [1.165, 1.54) is 17.3 Å². The average Bonchev–Trinajstić information content (AvgIpc) is 3.18. The molecule has 0 aliphatic carbocycles. The highest BCUT2D eigenvalue weighted by atomic mass is 32.1. The third kappa shape index (κ3) is 6.50. The van der Waals surface area contributed by atoms with Crippen LogP contribution in [0, 0.1) is 0 Å². The van der Waals surface area contributed by atoms with Gasteiger partial charge >= 0.3 is 12.3 Å². The number of nitrogens with zero attached hydrogens (tertiary/aromatic N) is 2. The third-order valence-electron chi connectivity index (χ3n) is 5.11. The van der Waals surface area contributed by atoms with Crippen LogP contribution in [0.2, 0.25) is 0 Å². The first kappa shape index (κ1) is 26.0. The number of piperidine rings is 1. The van der Waals surface area contributed by atoms with Crippen molar-refractivity contribution < 1.29 is 37.0 Å². The zero-order chi connectivity index (χ0) is 25.1. The molecule has 1 N–H and O–H groups in total. The summed E-state index contributed by atoms with van der Waals surface area (Å²) < 4.78 is 57.3. The third-order valence-corrected chi connectivity index (χ3v) is 6.11. The van der Waals surface area contributed by atoms with Gasteiger partial charge in [0.25, 0.3) is 5.91 Å². The van der Waals surface area contributed by atoms with Crippen LogP contribution in [0.1, 0.15) is 49.5 Å². The van der Waals surface area contributed by atoms with Crippen LogP contribution in [-0.4, -0.2) is 66.9 Å². The van der Waals surface area contributed by atoms with E-state index in [9.17, 15) is 22.8 Å². The first-order chi connectivity index (χ1) is 15.9. The number of fused-ring (bicyclic) bond motifs is 1. The normalized spacial score (nSPS) is 15.4. The molecule has 3 rings (SSSR count). The molecular weight excluding hydrogens is 475 g/mol. The van der Waals surface area contributed by atoms with Gasteiger partial charge in [0, 0.05) is 44.4 Å². The molecule has 0 bridgehead atoms. The molecule has 0 saturated carbocycles. The first-order valence-electron chi connectivity index (χ1n) is 10.8. The lowest BCUT2D eigenvalue weighted by molar-refractivity contribution is -0.136. The van der Waals surface area contributed by atoms with E-state index in [2.05, 4.69) is 10.3 Å². The summed E-state index contributed by atoms with van der Waals surface area (Å²) in [6, 6.07) is 0.863. The van der Waals surface area contributed by atoms with Crippen LogP contribution in [0.25, 0.3) is 10.2 Å². The number of hydrogen-bond donors (Lipinski definition) is 1. The molecule has 188 valence electrons. The zero-order valence-corrected chi connectivity index (χ0v) is 20.3. The standard InChI is InChI=1S/C22H28F3N3O5S/c1-21(2,3)32-10-9-31-20(30)28-7-5-13(6-8-28)33-16-11-15(22(23,24)25)18-17(27-16)14(12-34-18)19(29)26-4/h11-13H,5-10H2,1-4H3,(H,26,29). The van der Waals surface area contributed by atoms with E-state index in [0.29, 0.717) is 25.9 Å². The van der Waals surface area contributed by atoms with Crippen LogP contribution in [0.3, 0.4) is 0 Å². The number of pyridine rings is 1. The molecule has 0 aromatic carbocycles. The van der Waals surface area contributed by atoms with Crippen molar-refractivity contribution in [3.8, 4) is 5.88 Å². The Kier molecular flexibility index (Phi) is 7.91. The molecule has 0 radical (unpaired) electrons. The Hall–Kier alpha value is -2.60. The van der Waals surface area contributed by atoms with Crippen LogP contribution >= 0.6 is 11.3 Å². The molecule has 2 aromatic heterocycles. The second-order valence-corrected chi connectivity index (χ2v) is 9.67. The summed E-state index contributed by atoms with van der Waals surface area (Å²) >= 11 is 0.813. The van der Waals surface area contributed by atoms with Crippen molar-refractivity contribution in [3.63, 3.8) is 0 Å². The molecule has 8 nitrogen and oxygen atoms in total. The van der Waals surface area contributed by atoms with Crippen molar-refractivity contribution in [2.75, 3.05) is 33.4 Å². The molecule has 1 saturated heterocycles. The van der Waals surface area contributed by atoms with Gasteiger partial charge in [0.1, 0.15) is 12.7 Å². The largest absolute Gasteiger partial charge is 0.474 e. The number of alkyl halides is 3. The van der Waals surface area contributed by atoms with E-state index in [1.807, 2.05) is 20.8 Å². The number of carbonyl (C=O) groups excluding carboxylic acids is 2. The average molecular weight is 504 g/mol. The van der Waals surface area contributed by atoms with Crippen molar-refractivity contribution in [3.05, 3.63) is 22.6 Å². The quantitative estimate of drug-likeness (QED) is 0.585. The summed E-state index contributed by atoms with van der Waals surface area (Å²) in [6.45, 7) is 6.79. The summed E-state index contributed by atoms with van der Waals surface area (Å²) in [6.07, 6.45) is -4.72. The molecule has 2 amide bonds. The summed E-state index contributed by atoms with van der Waals surface area (Å²) in [5.74, 6) is -0.729. The van der Waals surface area contributed by atoms with Crippen molar-refractivity contribution in [2.45, 2.75) is 51.5 Å². The number of ether oxygens (including phenoxy) is 3. The lowest BCUT2D eigenvalue weighted by Gasteiger charge is -2.31. The molecule has 0 atom stereocenters. The Morgan fingerprint density at radius 1 is 1.21 bits per heavy atom. The smallest absolute Gasteiger partial charge is 0.418 e. The monoisotopic (exact) mass is 503 g/mol. The van der Waals surface area contributed by atoms with Gasteiger partial charge in [0.15, 0.2) is 0 Å². The van der Waals surface area contributed by atoms with E-state index >= 15 is 0 Å². The lowest BCUT2D eigenvalue weighted by Crippen LogP contribution is -2.42. The second kappa shape index (κ2) is 10.3. The number of likely N-dealkylation sites (tertiary alicyclic amines) is 1. The Morgan fingerprint density at radius 2 is 1.88 bits per heavy atom. The first-order valence-corrected chi connectivity index (χ1v) is 11.7. The number of hydrogen-bond acceptors (Lipinski definition) is 7. The highest BCUT2D eigenvalue weighted by Crippen LogP contribution is 2.40. The van der Waals surface area contributed by atoms with Gasteiger partial charge in [-0.3, -0.25) is 4.79 Å². The van der Waals surface area contributed by atoms with Crippen LogP contribution in [0.15, 0.2) is 11.4 Å². The molecular formula is C22H28F3N3O5S. The number of thiophene rings is 1. The predicted octanol–water partition coefficient (Wildman–Crippen LogP) is 4.47. The van der Waals surface area contributed by atoms with Gasteiger partial charge in [-0.05, 0) is 20.8 Å². The van der Waals surface area contributed by atoms with Gasteiger partial charge < -0.3 is 24.4 Å². The maximum atomic E-state index is 13.7. The van der Waals surface area contributed by atoms with E-state index in [1.54, 1.807) is 0 Å². The van der Waals surface area contributed by atoms with Crippen molar-refractivity contribution in [1.82, 2.24) is 15.2 Å². The summed E-state index contributed by atoms with van der Waals surface area (Å²) in [4.78, 5) is 30.0. The van der Waals surface area contributed by atoms with E-state index in [-0.39, 0.29) is 40.5 Å². The van der Waals surface area contributed by atoms with Crippen LogP contribution in [0.5, 0.6) is 5.88 Å². The number of nitrogens with one attached hydrogen (secondary N) is 1. The number of halogens is 3. The van der Waals surface area contributed by atoms with Gasteiger partial charge in [-0.1, -0.05) is 0 Å². The fraction of sp³-hybridized carbons (Fsp3) is 0.591. The number of aromatic nitrogens is 1. The highest BCUT2D eigenvalue weighted by Gasteiger charge is 2.36. The van der Waals surface area contributed by atoms with Gasteiger partial charge in [-0.2, -0.15) is 13.2 Å². The Bertz CT molecular complexity index is 1030. The Balaban J connectivity index is 1.64. The maximum Gasteiger partial charge on any atom is 0.418 e. The molecule has 2 aromatic rings. The van der Waals surface area contributed by atoms with Crippen LogP contribution in [-0.2, 0) is 15.7 Å². The highest BCUT2D eigenvalue weighted by molar-refractivity contribution is 7.17. The molecule has 3 heterocycles. The van der Waals surface area contributed by atoms with Crippen molar-refractivity contribution in [1.29, 1.82) is 0 Å². The summed E-state index contributed by atoms with van der Waals surface area (Å²) in [5.41, 5.74) is -1.21. The van der Waals surface area contributed by atoms with Crippen LogP contribution in [0.4, 0.5) is 18.0 Å². The molecule has 1 aliphatic heterocycles. The topological polar surface area (TPSA) is 90.0 Å². The molecule has 1 fully saturated rings. The minimum absolute atomic E-state index is 0.0485. The van der Waals surface area contributed by atoms with E-state index in [0.717, 1.165) is 17.4 Å². The Morgan fingerprint density at radius 3 is 2.47 bits per heavy atom. The zero-order valence-electron chi connectivity index (χ0n) is 19.5. The van der Waals surface area contributed by atoms with Gasteiger partial charge in [0.05, 0.1) is 33.6 Å². The van der Waals surface area contributed by atoms with E-state index in [4.69, 9.17) is 14.2 Å². The SMILES string of the molecule is CNC(=O)c1csc2c(C(F)(F)F)cc(OC3CCN(C(=O)OCCOC(C)(C)C)CC3)nc12. The number of rotatable bonds is 6. The lowest BCUT2D eigenvalue weighted by atomic mass is 10.1. The molecule has 34 heavy (non-hydrogen) atoms. The van der Waals surface area contributed by atoms with Gasteiger partial charge in [-0.15, -0.1) is 11.3 Å². The number of carbonyl (C=O) groups is 2. The van der Waals surface area contributed by atoms with Crippen LogP contribution < -0.4 is 10.1 Å². The fourth-order valence-electron chi connectivity index (χ4n) is 3.45. The Labute approximate surface area is 199 Å². The predicted molar refractivity (Wildman–Crippen MR) is 120 cm³/mol. The molecule has 12 heteroatoms. The summed E-state index contributed by atoms with van der Waals surface area (Å²) in [7, 11) is 1.40. The van der Waals surface area contributed by atoms with Crippen molar-refractivity contribution >= 4 is 33.6 Å². The fourth-order valence-corrected chi connectivity index (χ4v) is 4.47. The molecule has 1 aliphatic rings. The van der Waals surface area contributed by atoms with Crippen molar-refractivity contribution in [2.24, 2.45) is 0 Å². The van der Waals surface area contributed by atoms with Gasteiger partial charge in [0.2, 0.25) is 5.88 Å². The van der Waals surface area contributed by atoms with E-state index < -0.39 is 29.8 Å². The maximum absolute atomic E-state index is 13.7. The molecule has 0 unspecified atom stereocenters. The minimum Gasteiger partial charge on any atom is -0.474 e. The number of amides is 2. The second-order valence-electron chi connectivity index (χ2n) is 8.79. The van der Waals surface area contributed by atoms with Gasteiger partial charge in [-0.25, -0.2) is 9.78 Å². The molecule has 0 spiro atoms.